The molecule has 7 nitrogen and oxygen atoms in total. The molecule has 0 radical (unpaired) electrons. The highest BCUT2D eigenvalue weighted by Gasteiger charge is 2.22. The monoisotopic (exact) mass is 493 g/mol. The van der Waals surface area contributed by atoms with E-state index in [0.29, 0.717) is 17.7 Å². The van der Waals surface area contributed by atoms with Crippen molar-refractivity contribution in [3.63, 3.8) is 0 Å². The average molecular weight is 494 g/mol. The molecule has 0 fully saturated rings. The molecule has 0 heterocycles. The molecule has 1 atom stereocenters. The highest BCUT2D eigenvalue weighted by atomic mass is 32.2. The molecule has 2 aromatic carbocycles. The molecule has 3 N–H and O–H groups in total. The van der Waals surface area contributed by atoms with Crippen molar-refractivity contribution < 1.29 is 22.4 Å². The second kappa shape index (κ2) is 13.1. The number of sulfonamides is 1. The molecule has 33 heavy (non-hydrogen) atoms. The summed E-state index contributed by atoms with van der Waals surface area (Å²) in [6.45, 7) is 1.80. The van der Waals surface area contributed by atoms with E-state index in [1.54, 1.807) is 31.2 Å². The van der Waals surface area contributed by atoms with Crippen LogP contribution in [-0.4, -0.2) is 51.4 Å². The summed E-state index contributed by atoms with van der Waals surface area (Å²) < 4.78 is 40.9. The maximum atomic E-state index is 13.6. The average Bonchev–Trinajstić information content (AvgIpc) is 2.80. The van der Waals surface area contributed by atoms with Gasteiger partial charge in [0.15, 0.2) is 0 Å². The number of rotatable bonds is 12. The first kappa shape index (κ1) is 26.6. The van der Waals surface area contributed by atoms with Crippen molar-refractivity contribution in [1.82, 2.24) is 15.4 Å². The summed E-state index contributed by atoms with van der Waals surface area (Å²) in [5, 5.41) is 6.25. The van der Waals surface area contributed by atoms with Crippen molar-refractivity contribution in [2.75, 3.05) is 25.1 Å². The zero-order chi connectivity index (χ0) is 24.3. The Morgan fingerprint density at radius 3 is 2.45 bits per heavy atom. The maximum Gasteiger partial charge on any atom is 0.251 e. The first-order valence-corrected chi connectivity index (χ1v) is 13.2. The lowest BCUT2D eigenvalue weighted by Crippen LogP contribution is -2.48. The minimum atomic E-state index is -3.85. The van der Waals surface area contributed by atoms with Crippen LogP contribution in [0.25, 0.3) is 6.08 Å². The van der Waals surface area contributed by atoms with E-state index in [0.717, 1.165) is 17.0 Å². The summed E-state index contributed by atoms with van der Waals surface area (Å²) in [6, 6.07) is 12.2. The lowest BCUT2D eigenvalue weighted by Gasteiger charge is -2.17. The molecule has 2 amide bonds. The normalized spacial score (nSPS) is 12.5. The van der Waals surface area contributed by atoms with Gasteiger partial charge in [-0.3, -0.25) is 9.59 Å². The van der Waals surface area contributed by atoms with Gasteiger partial charge in [-0.05, 0) is 54.7 Å². The first-order chi connectivity index (χ1) is 15.7. The summed E-state index contributed by atoms with van der Waals surface area (Å²) in [4.78, 5) is 24.7. The van der Waals surface area contributed by atoms with Crippen molar-refractivity contribution >= 4 is 39.7 Å². The van der Waals surface area contributed by atoms with Crippen LogP contribution in [0, 0.1) is 12.7 Å². The predicted octanol–water partition coefficient (Wildman–Crippen LogP) is 2.69. The summed E-state index contributed by atoms with van der Waals surface area (Å²) in [7, 11) is -3.85. The fourth-order valence-electron chi connectivity index (χ4n) is 2.77. The molecule has 0 aliphatic rings. The molecule has 10 heteroatoms. The Hall–Kier alpha value is -2.69. The number of benzene rings is 2. The molecule has 0 aliphatic carbocycles. The maximum absolute atomic E-state index is 13.6. The van der Waals surface area contributed by atoms with Crippen LogP contribution < -0.4 is 15.4 Å². The first-order valence-electron chi connectivity index (χ1n) is 10.3. The summed E-state index contributed by atoms with van der Waals surface area (Å²) in [5.74, 6) is -0.843. The second-order valence-corrected chi connectivity index (χ2v) is 9.80. The number of hydrogen-bond donors (Lipinski definition) is 3. The number of nitrogens with one attached hydrogen (secondary N) is 3. The van der Waals surface area contributed by atoms with E-state index in [4.69, 9.17) is 0 Å². The molecule has 0 spiro atoms. The van der Waals surface area contributed by atoms with Crippen molar-refractivity contribution in [1.29, 1.82) is 0 Å². The van der Waals surface area contributed by atoms with Gasteiger partial charge in [0.05, 0.1) is 0 Å². The number of hydrogen-bond acceptors (Lipinski definition) is 5. The molecule has 0 aliphatic heterocycles. The third-order valence-corrected chi connectivity index (χ3v) is 6.37. The van der Waals surface area contributed by atoms with E-state index in [2.05, 4.69) is 15.4 Å². The molecule has 2 rings (SSSR count). The third-order valence-electron chi connectivity index (χ3n) is 4.62. The number of halogens is 1. The summed E-state index contributed by atoms with van der Waals surface area (Å²) in [6.07, 6.45) is 3.62. The quantitative estimate of drug-likeness (QED) is 0.395. The molecule has 0 saturated carbocycles. The van der Waals surface area contributed by atoms with Crippen LogP contribution in [0.1, 0.15) is 27.9 Å². The van der Waals surface area contributed by atoms with Gasteiger partial charge < -0.3 is 10.6 Å². The largest absolute Gasteiger partial charge is 0.353 e. The lowest BCUT2D eigenvalue weighted by atomic mass is 10.1. The molecule has 2 aromatic rings. The second-order valence-electron chi connectivity index (χ2n) is 7.22. The van der Waals surface area contributed by atoms with Crippen molar-refractivity contribution in [2.45, 2.75) is 19.4 Å². The van der Waals surface area contributed by atoms with E-state index >= 15 is 0 Å². The van der Waals surface area contributed by atoms with Gasteiger partial charge in [0.25, 0.3) is 5.91 Å². The third kappa shape index (κ3) is 9.37. The number of carbonyl (C=O) groups is 2. The van der Waals surface area contributed by atoms with E-state index in [1.165, 1.54) is 30.0 Å². The Bertz CT molecular complexity index is 1080. The highest BCUT2D eigenvalue weighted by Crippen LogP contribution is 2.09. The molecule has 0 saturated heterocycles. The van der Waals surface area contributed by atoms with Crippen molar-refractivity contribution in [3.05, 3.63) is 76.4 Å². The summed E-state index contributed by atoms with van der Waals surface area (Å²) >= 11 is 1.50. The zero-order valence-corrected chi connectivity index (χ0v) is 20.1. The zero-order valence-electron chi connectivity index (χ0n) is 18.5. The topological polar surface area (TPSA) is 104 Å². The van der Waals surface area contributed by atoms with Crippen LogP contribution in [0.5, 0.6) is 0 Å². The predicted molar refractivity (Wildman–Crippen MR) is 131 cm³/mol. The van der Waals surface area contributed by atoms with Gasteiger partial charge in [-0.15, -0.1) is 0 Å². The van der Waals surface area contributed by atoms with Gasteiger partial charge in [-0.25, -0.2) is 12.8 Å². The number of amides is 2. The van der Waals surface area contributed by atoms with Gasteiger partial charge in [0.2, 0.25) is 15.9 Å². The number of thioether (sulfide) groups is 1. The van der Waals surface area contributed by atoms with Crippen LogP contribution in [-0.2, 0) is 14.8 Å². The lowest BCUT2D eigenvalue weighted by molar-refractivity contribution is -0.122. The highest BCUT2D eigenvalue weighted by molar-refractivity contribution is 7.98. The van der Waals surface area contributed by atoms with Crippen LogP contribution >= 0.6 is 11.8 Å². The standard InChI is InChI=1S/C23H28FN3O4S2/c1-17-8-9-19(16-20(17)24)22(28)25-12-13-26-23(29)21(10-14-32-2)27-33(30,31)15-11-18-6-4-3-5-7-18/h3-9,11,15-16,21,27H,10,12-14H2,1-2H3,(H,25,28)(H,26,29)/b15-11+. The Labute approximate surface area is 198 Å². The molecular weight excluding hydrogens is 465 g/mol. The van der Waals surface area contributed by atoms with Gasteiger partial charge in [-0.1, -0.05) is 36.4 Å². The molecule has 178 valence electrons. The Kier molecular flexibility index (Phi) is 10.6. The fraction of sp³-hybridized carbons (Fsp3) is 0.304. The molecule has 0 bridgehead atoms. The van der Waals surface area contributed by atoms with E-state index in [9.17, 15) is 22.4 Å². The van der Waals surface area contributed by atoms with Crippen molar-refractivity contribution in [3.8, 4) is 0 Å². The summed E-state index contributed by atoms with van der Waals surface area (Å²) in [5.41, 5.74) is 1.34. The van der Waals surface area contributed by atoms with Gasteiger partial charge >= 0.3 is 0 Å². The van der Waals surface area contributed by atoms with Crippen molar-refractivity contribution in [2.24, 2.45) is 0 Å². The SMILES string of the molecule is CSCCC(NS(=O)(=O)/C=C/c1ccccc1)C(=O)NCCNC(=O)c1ccc(C)c(F)c1. The Balaban J connectivity index is 1.89. The van der Waals surface area contributed by atoms with Gasteiger partial charge in [0, 0.05) is 24.1 Å². The van der Waals surface area contributed by atoms with Crippen LogP contribution in [0.4, 0.5) is 4.39 Å². The minimum Gasteiger partial charge on any atom is -0.353 e. The molecular formula is C23H28FN3O4S2. The van der Waals surface area contributed by atoms with Crippen LogP contribution in [0.15, 0.2) is 53.9 Å². The van der Waals surface area contributed by atoms with E-state index in [-0.39, 0.29) is 18.7 Å². The smallest absolute Gasteiger partial charge is 0.251 e. The van der Waals surface area contributed by atoms with Crippen LogP contribution in [0.3, 0.4) is 0 Å². The number of aryl methyl sites for hydroxylation is 1. The van der Waals surface area contributed by atoms with E-state index < -0.39 is 33.7 Å². The fourth-order valence-corrected chi connectivity index (χ4v) is 4.28. The Morgan fingerprint density at radius 2 is 1.79 bits per heavy atom. The number of carbonyl (C=O) groups excluding carboxylic acids is 2. The molecule has 1 unspecified atom stereocenters. The Morgan fingerprint density at radius 1 is 1.09 bits per heavy atom. The molecule has 0 aromatic heterocycles. The van der Waals surface area contributed by atoms with Crippen LogP contribution in [0.2, 0.25) is 0 Å². The van der Waals surface area contributed by atoms with Gasteiger partial charge in [0.1, 0.15) is 11.9 Å². The minimum absolute atomic E-state index is 0.0935. The van der Waals surface area contributed by atoms with Gasteiger partial charge in [-0.2, -0.15) is 16.5 Å². The van der Waals surface area contributed by atoms with E-state index in [1.807, 2.05) is 12.3 Å².